The zero-order valence-corrected chi connectivity index (χ0v) is 16.5. The van der Waals surface area contributed by atoms with E-state index in [1.807, 2.05) is 18.2 Å². The molecule has 0 saturated heterocycles. The topological polar surface area (TPSA) is 106 Å². The van der Waals surface area contributed by atoms with E-state index < -0.39 is 10.3 Å². The average Bonchev–Trinajstić information content (AvgIpc) is 2.64. The molecule has 0 aliphatic rings. The zero-order valence-electron chi connectivity index (χ0n) is 15.6. The van der Waals surface area contributed by atoms with Gasteiger partial charge in [-0.15, -0.1) is 0 Å². The molecule has 0 aliphatic heterocycles. The summed E-state index contributed by atoms with van der Waals surface area (Å²) in [5.41, 5.74) is 1.82. The Hall–Kier alpha value is -2.65. The van der Waals surface area contributed by atoms with Gasteiger partial charge in [0.1, 0.15) is 0 Å². The van der Waals surface area contributed by atoms with E-state index in [-0.39, 0.29) is 11.5 Å². The first kappa shape index (κ1) is 20.7. The van der Waals surface area contributed by atoms with Gasteiger partial charge in [-0.25, -0.2) is 0 Å². The lowest BCUT2D eigenvalue weighted by Crippen LogP contribution is -2.19. The molecule has 0 fully saturated rings. The largest absolute Gasteiger partial charge is 0.493 e. The van der Waals surface area contributed by atoms with Gasteiger partial charge in [0.25, 0.3) is 0 Å². The molecule has 27 heavy (non-hydrogen) atoms. The summed E-state index contributed by atoms with van der Waals surface area (Å²) in [6, 6.07) is 8.78. The van der Waals surface area contributed by atoms with E-state index in [9.17, 15) is 8.42 Å². The molecule has 0 radical (unpaired) electrons. The molecule has 8 nitrogen and oxygen atoms in total. The lowest BCUT2D eigenvalue weighted by atomic mass is 10.0. The summed E-state index contributed by atoms with van der Waals surface area (Å²) in [6.07, 6.45) is 1.27. The highest BCUT2D eigenvalue weighted by Gasteiger charge is 2.15. The molecule has 0 aromatic heterocycles. The number of hydrogen-bond donors (Lipinski definition) is 1. The fourth-order valence-corrected chi connectivity index (χ4v) is 3.02. The van der Waals surface area contributed by atoms with Crippen LogP contribution in [0, 0.1) is 0 Å². The second kappa shape index (κ2) is 8.83. The van der Waals surface area contributed by atoms with Crippen molar-refractivity contribution < 1.29 is 31.5 Å². The minimum Gasteiger partial charge on any atom is -0.493 e. The summed E-state index contributed by atoms with van der Waals surface area (Å²) in [5, 5.41) is 4.95. The molecule has 2 rings (SSSR count). The van der Waals surface area contributed by atoms with E-state index in [1.54, 1.807) is 33.5 Å². The maximum atomic E-state index is 11.2. The maximum Gasteiger partial charge on any atom is 0.380 e. The van der Waals surface area contributed by atoms with Crippen molar-refractivity contribution in [3.63, 3.8) is 0 Å². The minimum absolute atomic E-state index is 0.0439. The number of ether oxygens (including phenoxy) is 4. The van der Waals surface area contributed by atoms with Crippen LogP contribution in [0.1, 0.15) is 11.1 Å². The SMILES string of the molecule is COc1ccc(CCc2cc(OC)c(OC)c(OC)c2)cc1OS(N)(=O)=O. The molecule has 148 valence electrons. The van der Waals surface area contributed by atoms with E-state index in [2.05, 4.69) is 0 Å². The predicted molar refractivity (Wildman–Crippen MR) is 100 cm³/mol. The maximum absolute atomic E-state index is 11.2. The van der Waals surface area contributed by atoms with Crippen LogP contribution in [0.4, 0.5) is 0 Å². The number of nitrogens with two attached hydrogens (primary N) is 1. The van der Waals surface area contributed by atoms with Crippen LogP contribution in [0.5, 0.6) is 28.7 Å². The molecule has 0 heterocycles. The number of aryl methyl sites for hydroxylation is 2. The van der Waals surface area contributed by atoms with Gasteiger partial charge in [0.05, 0.1) is 28.4 Å². The molecule has 0 aliphatic carbocycles. The van der Waals surface area contributed by atoms with Crippen LogP contribution in [0.15, 0.2) is 30.3 Å². The third-order valence-corrected chi connectivity index (χ3v) is 4.27. The van der Waals surface area contributed by atoms with Crippen LogP contribution in [-0.2, 0) is 23.1 Å². The fraction of sp³-hybridized carbons (Fsp3) is 0.333. The van der Waals surface area contributed by atoms with Gasteiger partial charge in [0.15, 0.2) is 23.0 Å². The highest BCUT2D eigenvalue weighted by Crippen LogP contribution is 2.38. The van der Waals surface area contributed by atoms with Gasteiger partial charge in [0.2, 0.25) is 5.75 Å². The Balaban J connectivity index is 2.25. The molecule has 0 amide bonds. The van der Waals surface area contributed by atoms with Crippen molar-refractivity contribution in [3.05, 3.63) is 41.5 Å². The van der Waals surface area contributed by atoms with Crippen molar-refractivity contribution in [2.75, 3.05) is 28.4 Å². The molecule has 0 saturated carbocycles. The molecule has 2 aromatic rings. The third kappa shape index (κ3) is 5.41. The third-order valence-electron chi connectivity index (χ3n) is 3.86. The molecule has 2 aromatic carbocycles. The Kier molecular flexibility index (Phi) is 6.75. The molecule has 2 N–H and O–H groups in total. The standard InChI is InChI=1S/C18H23NO7S/c1-22-14-8-7-12(9-15(14)26-27(19,20)21)5-6-13-10-16(23-2)18(25-4)17(11-13)24-3/h7-11H,5-6H2,1-4H3,(H2,19,20,21). The van der Waals surface area contributed by atoms with E-state index >= 15 is 0 Å². The second-order valence-electron chi connectivity index (χ2n) is 5.59. The van der Waals surface area contributed by atoms with Crippen molar-refractivity contribution >= 4 is 10.3 Å². The van der Waals surface area contributed by atoms with Crippen molar-refractivity contribution in [2.45, 2.75) is 12.8 Å². The summed E-state index contributed by atoms with van der Waals surface area (Å²) in [7, 11) is 1.93. The summed E-state index contributed by atoms with van der Waals surface area (Å²) >= 11 is 0. The number of methoxy groups -OCH3 is 4. The van der Waals surface area contributed by atoms with Gasteiger partial charge in [-0.3, -0.25) is 0 Å². The van der Waals surface area contributed by atoms with Crippen LogP contribution in [-0.4, -0.2) is 36.9 Å². The molecule has 0 bridgehead atoms. The van der Waals surface area contributed by atoms with Gasteiger partial charge in [-0.05, 0) is 48.2 Å². The first-order valence-electron chi connectivity index (χ1n) is 7.99. The quantitative estimate of drug-likeness (QED) is 0.690. The highest BCUT2D eigenvalue weighted by molar-refractivity contribution is 7.84. The van der Waals surface area contributed by atoms with Crippen molar-refractivity contribution in [1.29, 1.82) is 0 Å². The Morgan fingerprint density at radius 2 is 1.26 bits per heavy atom. The van der Waals surface area contributed by atoms with Gasteiger partial charge < -0.3 is 23.1 Å². The molecule has 9 heteroatoms. The van der Waals surface area contributed by atoms with Crippen LogP contribution in [0.25, 0.3) is 0 Å². The van der Waals surface area contributed by atoms with Gasteiger partial charge in [-0.1, -0.05) is 6.07 Å². The van der Waals surface area contributed by atoms with Gasteiger partial charge in [-0.2, -0.15) is 13.6 Å². The van der Waals surface area contributed by atoms with E-state index in [0.717, 1.165) is 11.1 Å². The Morgan fingerprint density at radius 3 is 1.74 bits per heavy atom. The van der Waals surface area contributed by atoms with Crippen LogP contribution < -0.4 is 28.3 Å². The fourth-order valence-electron chi connectivity index (χ4n) is 2.64. The van der Waals surface area contributed by atoms with Crippen molar-refractivity contribution in [1.82, 2.24) is 0 Å². The average molecular weight is 397 g/mol. The molecule has 0 unspecified atom stereocenters. The summed E-state index contributed by atoms with van der Waals surface area (Å²) in [6.45, 7) is 0. The molecule has 0 spiro atoms. The normalized spacial score (nSPS) is 11.0. The van der Waals surface area contributed by atoms with Gasteiger partial charge in [0, 0.05) is 0 Å². The van der Waals surface area contributed by atoms with E-state index in [4.69, 9.17) is 28.3 Å². The summed E-state index contributed by atoms with van der Waals surface area (Å²) < 4.78 is 48.4. The number of benzene rings is 2. The predicted octanol–water partition coefficient (Wildman–Crippen LogP) is 2.09. The first-order valence-corrected chi connectivity index (χ1v) is 9.46. The smallest absolute Gasteiger partial charge is 0.380 e. The lowest BCUT2D eigenvalue weighted by Gasteiger charge is -2.14. The zero-order chi connectivity index (χ0) is 20.0. The Morgan fingerprint density at radius 1 is 0.741 bits per heavy atom. The minimum atomic E-state index is -4.15. The number of hydrogen-bond acceptors (Lipinski definition) is 7. The van der Waals surface area contributed by atoms with Crippen LogP contribution in [0.2, 0.25) is 0 Å². The molecule has 0 atom stereocenters. The van der Waals surface area contributed by atoms with E-state index in [1.165, 1.54) is 7.11 Å². The summed E-state index contributed by atoms with van der Waals surface area (Å²) in [5.74, 6) is 1.99. The molecular weight excluding hydrogens is 374 g/mol. The highest BCUT2D eigenvalue weighted by atomic mass is 32.2. The van der Waals surface area contributed by atoms with Crippen LogP contribution in [0.3, 0.4) is 0 Å². The first-order chi connectivity index (χ1) is 12.8. The summed E-state index contributed by atoms with van der Waals surface area (Å²) in [4.78, 5) is 0. The number of rotatable bonds is 9. The monoisotopic (exact) mass is 397 g/mol. The lowest BCUT2D eigenvalue weighted by molar-refractivity contribution is 0.324. The van der Waals surface area contributed by atoms with Crippen molar-refractivity contribution in [2.24, 2.45) is 5.14 Å². The Labute approximate surface area is 159 Å². The van der Waals surface area contributed by atoms with Gasteiger partial charge >= 0.3 is 10.3 Å². The Bertz CT molecular complexity index is 872. The molecular formula is C18H23NO7S. The van der Waals surface area contributed by atoms with E-state index in [0.29, 0.717) is 30.1 Å². The second-order valence-corrected chi connectivity index (χ2v) is 6.75. The van der Waals surface area contributed by atoms with Crippen molar-refractivity contribution in [3.8, 4) is 28.7 Å². The van der Waals surface area contributed by atoms with Crippen LogP contribution >= 0.6 is 0 Å².